The molecule has 6 unspecified atom stereocenters. The zero-order valence-corrected chi connectivity index (χ0v) is 24.9. The molecule has 0 aromatic heterocycles. The van der Waals surface area contributed by atoms with Crippen molar-refractivity contribution < 1.29 is 39.6 Å². The molecule has 0 aromatic carbocycles. The molecule has 6 atom stereocenters. The van der Waals surface area contributed by atoms with Crippen LogP contribution < -0.4 is 0 Å². The van der Waals surface area contributed by atoms with Crippen LogP contribution in [-0.4, -0.2) is 44.3 Å². The predicted molar refractivity (Wildman–Crippen MR) is 155 cm³/mol. The highest BCUT2D eigenvalue weighted by molar-refractivity contribution is 5.81. The molecule has 228 valence electrons. The maximum atomic E-state index is 11.8. The van der Waals surface area contributed by atoms with E-state index in [9.17, 15) is 29.4 Å². The van der Waals surface area contributed by atoms with Gasteiger partial charge in [-0.3, -0.25) is 19.2 Å². The van der Waals surface area contributed by atoms with Crippen LogP contribution >= 0.6 is 0 Å². The molecule has 8 heteroatoms. The molecular formula is C32H52O8. The Labute approximate surface area is 239 Å². The third kappa shape index (κ3) is 11.5. The Kier molecular flexibility index (Phi) is 16.5. The molecule has 0 saturated carbocycles. The van der Waals surface area contributed by atoms with Crippen molar-refractivity contribution in [2.24, 2.45) is 35.5 Å². The molecule has 0 spiro atoms. The van der Waals surface area contributed by atoms with Crippen molar-refractivity contribution in [3.63, 3.8) is 0 Å². The summed E-state index contributed by atoms with van der Waals surface area (Å²) in [6.07, 6.45) is 16.2. The monoisotopic (exact) mass is 564 g/mol. The van der Waals surface area contributed by atoms with E-state index in [4.69, 9.17) is 10.2 Å². The van der Waals surface area contributed by atoms with Crippen molar-refractivity contribution in [1.82, 2.24) is 0 Å². The number of aliphatic carboxylic acids is 4. The summed E-state index contributed by atoms with van der Waals surface area (Å²) in [6.45, 7) is 8.84. The van der Waals surface area contributed by atoms with E-state index in [0.717, 1.165) is 25.7 Å². The first-order valence-corrected chi connectivity index (χ1v) is 15.3. The Morgan fingerprint density at radius 1 is 0.625 bits per heavy atom. The molecule has 0 saturated heterocycles. The number of allylic oxidation sites excluding steroid dienone is 4. The number of unbranched alkanes of at least 4 members (excludes halogenated alkanes) is 2. The minimum Gasteiger partial charge on any atom is -0.481 e. The van der Waals surface area contributed by atoms with Gasteiger partial charge in [-0.25, -0.2) is 0 Å². The normalized spacial score (nSPS) is 24.0. The van der Waals surface area contributed by atoms with E-state index in [2.05, 4.69) is 27.7 Å². The molecule has 0 bridgehead atoms. The van der Waals surface area contributed by atoms with Crippen LogP contribution in [0.3, 0.4) is 0 Å². The van der Waals surface area contributed by atoms with Gasteiger partial charge in [-0.1, -0.05) is 102 Å². The molecule has 4 N–H and O–H groups in total. The molecule has 2 aliphatic rings. The summed E-state index contributed by atoms with van der Waals surface area (Å²) in [5.41, 5.74) is 2.53. The summed E-state index contributed by atoms with van der Waals surface area (Å²) in [5.74, 6) is -5.87. The van der Waals surface area contributed by atoms with Crippen LogP contribution in [0.5, 0.6) is 0 Å². The Morgan fingerprint density at radius 2 is 0.950 bits per heavy atom. The second-order valence-electron chi connectivity index (χ2n) is 11.6. The Morgan fingerprint density at radius 3 is 1.20 bits per heavy atom. The number of hydrogen-bond donors (Lipinski definition) is 4. The van der Waals surface area contributed by atoms with Crippen LogP contribution in [0.2, 0.25) is 0 Å². The second kappa shape index (κ2) is 18.7. The molecule has 0 aromatic rings. The van der Waals surface area contributed by atoms with Crippen molar-refractivity contribution in [2.45, 2.75) is 118 Å². The smallest absolute Gasteiger partial charge is 0.307 e. The average Bonchev–Trinajstić information content (AvgIpc) is 2.93. The van der Waals surface area contributed by atoms with Gasteiger partial charge in [-0.2, -0.15) is 0 Å². The molecule has 2 rings (SSSR count). The first-order chi connectivity index (χ1) is 19.0. The summed E-state index contributed by atoms with van der Waals surface area (Å²) in [4.78, 5) is 44.7. The van der Waals surface area contributed by atoms with Gasteiger partial charge < -0.3 is 20.4 Å². The van der Waals surface area contributed by atoms with Crippen molar-refractivity contribution in [1.29, 1.82) is 0 Å². The van der Waals surface area contributed by atoms with Crippen LogP contribution in [-0.2, 0) is 19.2 Å². The average molecular weight is 565 g/mol. The van der Waals surface area contributed by atoms with E-state index in [1.54, 1.807) is 12.2 Å². The summed E-state index contributed by atoms with van der Waals surface area (Å²) < 4.78 is 0. The summed E-state index contributed by atoms with van der Waals surface area (Å²) in [6, 6.07) is 0. The molecule has 0 fully saturated rings. The SMILES string of the molecule is CCCCC(CC)CC1=C(CC(CC)CCCC)CC(C(=O)O)C(C(=O)O)C1.O=C(O)C1CC=CCC1C(=O)O. The third-order valence-electron chi connectivity index (χ3n) is 8.78. The molecule has 0 amide bonds. The topological polar surface area (TPSA) is 149 Å². The van der Waals surface area contributed by atoms with Gasteiger partial charge in [0.15, 0.2) is 0 Å². The number of hydrogen-bond acceptors (Lipinski definition) is 4. The highest BCUT2D eigenvalue weighted by atomic mass is 16.4. The Balaban J connectivity index is 0.000000552. The summed E-state index contributed by atoms with van der Waals surface area (Å²) in [7, 11) is 0. The molecular weight excluding hydrogens is 512 g/mol. The molecule has 0 aliphatic heterocycles. The lowest BCUT2D eigenvalue weighted by Crippen LogP contribution is -2.34. The molecule has 40 heavy (non-hydrogen) atoms. The fourth-order valence-corrected chi connectivity index (χ4v) is 6.02. The zero-order valence-electron chi connectivity index (χ0n) is 24.9. The van der Waals surface area contributed by atoms with Crippen LogP contribution in [0, 0.1) is 35.5 Å². The highest BCUT2D eigenvalue weighted by Crippen LogP contribution is 2.42. The van der Waals surface area contributed by atoms with Crippen molar-refractivity contribution in [3.8, 4) is 0 Å². The number of carboxylic acids is 4. The van der Waals surface area contributed by atoms with Gasteiger partial charge >= 0.3 is 23.9 Å². The van der Waals surface area contributed by atoms with Gasteiger partial charge in [0.1, 0.15) is 0 Å². The summed E-state index contributed by atoms with van der Waals surface area (Å²) in [5, 5.41) is 36.6. The highest BCUT2D eigenvalue weighted by Gasteiger charge is 2.39. The Hall–Kier alpha value is -2.64. The zero-order chi connectivity index (χ0) is 30.2. The van der Waals surface area contributed by atoms with E-state index in [1.165, 1.54) is 49.7 Å². The minimum absolute atomic E-state index is 0.326. The fraction of sp³-hybridized carbons (Fsp3) is 0.750. The van der Waals surface area contributed by atoms with Gasteiger partial charge in [0.2, 0.25) is 0 Å². The predicted octanol–water partition coefficient (Wildman–Crippen LogP) is 7.43. The lowest BCUT2D eigenvalue weighted by atomic mass is 9.71. The van der Waals surface area contributed by atoms with Crippen LogP contribution in [0.15, 0.2) is 23.3 Å². The van der Waals surface area contributed by atoms with E-state index in [0.29, 0.717) is 37.5 Å². The number of rotatable bonds is 16. The van der Waals surface area contributed by atoms with Gasteiger partial charge in [0, 0.05) is 0 Å². The minimum atomic E-state index is -1.02. The quantitative estimate of drug-likeness (QED) is 0.141. The van der Waals surface area contributed by atoms with E-state index in [-0.39, 0.29) is 0 Å². The largest absolute Gasteiger partial charge is 0.481 e. The number of carboxylic acid groups (broad SMARTS) is 4. The third-order valence-corrected chi connectivity index (χ3v) is 8.78. The first kappa shape index (κ1) is 35.4. The van der Waals surface area contributed by atoms with Crippen LogP contribution in [0.25, 0.3) is 0 Å². The van der Waals surface area contributed by atoms with Gasteiger partial charge in [0.05, 0.1) is 23.7 Å². The second-order valence-corrected chi connectivity index (χ2v) is 11.6. The van der Waals surface area contributed by atoms with Crippen molar-refractivity contribution >= 4 is 23.9 Å². The number of carbonyl (C=O) groups is 4. The van der Waals surface area contributed by atoms with Crippen LogP contribution in [0.4, 0.5) is 0 Å². The maximum absolute atomic E-state index is 11.8. The van der Waals surface area contributed by atoms with Crippen LogP contribution in [0.1, 0.15) is 118 Å². The van der Waals surface area contributed by atoms with Gasteiger partial charge in [-0.15, -0.1) is 0 Å². The van der Waals surface area contributed by atoms with E-state index >= 15 is 0 Å². The Bertz CT molecular complexity index is 819. The molecule has 0 heterocycles. The molecule has 0 radical (unpaired) electrons. The molecule has 2 aliphatic carbocycles. The van der Waals surface area contributed by atoms with E-state index < -0.39 is 47.5 Å². The summed E-state index contributed by atoms with van der Waals surface area (Å²) >= 11 is 0. The maximum Gasteiger partial charge on any atom is 0.307 e. The standard InChI is InChI=1S/C24H42O4.C8H10O4/c1-5-9-11-17(7-3)13-19-15-21(23(25)26)22(24(27)28)16-20(19)14-18(8-4)12-10-6-2;9-7(10)5-3-1-2-4-6(5)8(11)12/h17-18,21-22H,5-16H2,1-4H3,(H,25,26)(H,27,28);1-2,5-6H,3-4H2,(H,9,10)(H,11,12). The molecule has 8 nitrogen and oxygen atoms in total. The first-order valence-electron chi connectivity index (χ1n) is 15.3. The van der Waals surface area contributed by atoms with Crippen molar-refractivity contribution in [2.75, 3.05) is 0 Å². The van der Waals surface area contributed by atoms with Gasteiger partial charge in [-0.05, 0) is 50.4 Å². The van der Waals surface area contributed by atoms with E-state index in [1.807, 2.05) is 0 Å². The lowest BCUT2D eigenvalue weighted by molar-refractivity contribution is -0.154. The van der Waals surface area contributed by atoms with Crippen molar-refractivity contribution in [3.05, 3.63) is 23.3 Å². The lowest BCUT2D eigenvalue weighted by Gasteiger charge is -2.33. The fourth-order valence-electron chi connectivity index (χ4n) is 6.02. The van der Waals surface area contributed by atoms with Gasteiger partial charge in [0.25, 0.3) is 0 Å².